The SMILES string of the molecule is Cc1c(S(=O)(=O)O)cc(O)c2c(O)cc(S(=O)(=O)O)c(C)c12. The van der Waals surface area contributed by atoms with Gasteiger partial charge in [0.1, 0.15) is 21.3 Å². The zero-order chi connectivity index (χ0) is 17.0. The second-order valence-electron chi connectivity index (χ2n) is 4.74. The molecule has 0 amide bonds. The average Bonchev–Trinajstić information content (AvgIpc) is 2.33. The smallest absolute Gasteiger partial charge is 0.294 e. The minimum atomic E-state index is -4.68. The molecule has 0 aromatic heterocycles. The number of hydrogen-bond donors (Lipinski definition) is 4. The van der Waals surface area contributed by atoms with Crippen LogP contribution in [0.15, 0.2) is 21.9 Å². The van der Waals surface area contributed by atoms with Gasteiger partial charge in [-0.1, -0.05) is 0 Å². The number of benzene rings is 2. The third-order valence-corrected chi connectivity index (χ3v) is 5.30. The number of hydrogen-bond acceptors (Lipinski definition) is 6. The number of phenolic OH excluding ortho intramolecular Hbond substituents is 2. The maximum absolute atomic E-state index is 11.3. The topological polar surface area (TPSA) is 149 Å². The van der Waals surface area contributed by atoms with Crippen molar-refractivity contribution in [2.75, 3.05) is 0 Å². The van der Waals surface area contributed by atoms with Crippen molar-refractivity contribution in [1.82, 2.24) is 0 Å². The molecule has 2 rings (SSSR count). The van der Waals surface area contributed by atoms with Gasteiger partial charge in [-0.2, -0.15) is 16.8 Å². The van der Waals surface area contributed by atoms with Crippen molar-refractivity contribution < 1.29 is 36.2 Å². The van der Waals surface area contributed by atoms with Gasteiger partial charge < -0.3 is 10.2 Å². The minimum absolute atomic E-state index is 0.0754. The summed E-state index contributed by atoms with van der Waals surface area (Å²) < 4.78 is 63.7. The lowest BCUT2D eigenvalue weighted by Crippen LogP contribution is -2.05. The predicted molar refractivity (Wildman–Crippen MR) is 76.4 cm³/mol. The van der Waals surface area contributed by atoms with Gasteiger partial charge in [0.25, 0.3) is 20.2 Å². The summed E-state index contributed by atoms with van der Waals surface area (Å²) in [4.78, 5) is -1.26. The highest BCUT2D eigenvalue weighted by Gasteiger charge is 2.25. The lowest BCUT2D eigenvalue weighted by Gasteiger charge is -2.15. The van der Waals surface area contributed by atoms with Crippen molar-refractivity contribution in [3.63, 3.8) is 0 Å². The molecule has 0 aliphatic rings. The van der Waals surface area contributed by atoms with E-state index >= 15 is 0 Å². The predicted octanol–water partition coefficient (Wildman–Crippen LogP) is 1.36. The van der Waals surface area contributed by atoms with E-state index in [2.05, 4.69) is 0 Å². The minimum Gasteiger partial charge on any atom is -0.507 e. The highest BCUT2D eigenvalue weighted by atomic mass is 32.2. The standard InChI is InChI=1S/C12H12O8S2/c1-5-9(21(15,16)17)3-7(13)12-8(14)4-10(22(18,19)20)6(2)11(5)12/h3-4,13-14H,1-2H3,(H,15,16,17)(H,18,19,20). The fourth-order valence-electron chi connectivity index (χ4n) is 2.44. The highest BCUT2D eigenvalue weighted by molar-refractivity contribution is 7.86. The molecule has 0 fully saturated rings. The fraction of sp³-hybridized carbons (Fsp3) is 0.167. The number of rotatable bonds is 2. The Hall–Kier alpha value is -1.88. The van der Waals surface area contributed by atoms with Crippen LogP contribution < -0.4 is 0 Å². The first kappa shape index (κ1) is 16.5. The molecule has 2 aromatic carbocycles. The van der Waals surface area contributed by atoms with Gasteiger partial charge in [-0.05, 0) is 30.4 Å². The Bertz CT molecular complexity index is 925. The summed E-state index contributed by atoms with van der Waals surface area (Å²) in [7, 11) is -9.36. The summed E-state index contributed by atoms with van der Waals surface area (Å²) >= 11 is 0. The quantitative estimate of drug-likeness (QED) is 0.594. The summed E-state index contributed by atoms with van der Waals surface area (Å²) in [5, 5.41) is 19.5. The van der Waals surface area contributed by atoms with Crippen molar-refractivity contribution in [2.24, 2.45) is 0 Å². The van der Waals surface area contributed by atoms with Crippen LogP contribution in [0.2, 0.25) is 0 Å². The van der Waals surface area contributed by atoms with Crippen LogP contribution in [0.5, 0.6) is 11.5 Å². The van der Waals surface area contributed by atoms with Gasteiger partial charge in [-0.3, -0.25) is 9.11 Å². The van der Waals surface area contributed by atoms with Crippen LogP contribution in [0, 0.1) is 13.8 Å². The molecule has 0 unspecified atom stereocenters. The van der Waals surface area contributed by atoms with Crippen LogP contribution in [0.25, 0.3) is 10.8 Å². The van der Waals surface area contributed by atoms with Crippen LogP contribution in [-0.2, 0) is 20.2 Å². The number of fused-ring (bicyclic) bond motifs is 1. The Morgan fingerprint density at radius 1 is 0.727 bits per heavy atom. The Morgan fingerprint density at radius 2 is 1.05 bits per heavy atom. The summed E-state index contributed by atoms with van der Waals surface area (Å²) in [5.41, 5.74) is -0.151. The van der Waals surface area contributed by atoms with Gasteiger partial charge in [0, 0.05) is 12.1 Å². The average molecular weight is 348 g/mol. The summed E-state index contributed by atoms with van der Waals surface area (Å²) in [6.07, 6.45) is 0. The molecule has 0 saturated carbocycles. The Morgan fingerprint density at radius 3 is 1.32 bits per heavy atom. The van der Waals surface area contributed by atoms with Crippen LogP contribution in [-0.4, -0.2) is 36.2 Å². The first-order valence-corrected chi connectivity index (χ1v) is 8.67. The van der Waals surface area contributed by atoms with Gasteiger partial charge in [0.15, 0.2) is 0 Å². The molecule has 0 radical (unpaired) electrons. The fourth-order valence-corrected chi connectivity index (χ4v) is 3.93. The van der Waals surface area contributed by atoms with Crippen molar-refractivity contribution >= 4 is 31.0 Å². The summed E-state index contributed by atoms with van der Waals surface area (Å²) in [5.74, 6) is -1.31. The molecule has 22 heavy (non-hydrogen) atoms. The molecule has 0 aliphatic carbocycles. The molecule has 0 atom stereocenters. The Labute approximate surface area is 126 Å². The van der Waals surface area contributed by atoms with Crippen LogP contribution in [0.4, 0.5) is 0 Å². The van der Waals surface area contributed by atoms with E-state index in [4.69, 9.17) is 0 Å². The molecule has 10 heteroatoms. The molecule has 0 bridgehead atoms. The summed E-state index contributed by atoms with van der Waals surface area (Å²) in [6.45, 7) is 2.54. The van der Waals surface area contributed by atoms with Crippen LogP contribution >= 0.6 is 0 Å². The van der Waals surface area contributed by atoms with Crippen molar-refractivity contribution in [2.45, 2.75) is 23.6 Å². The number of aryl methyl sites for hydroxylation is 2. The van der Waals surface area contributed by atoms with Gasteiger partial charge >= 0.3 is 0 Å². The maximum Gasteiger partial charge on any atom is 0.294 e. The molecule has 0 aliphatic heterocycles. The first-order valence-electron chi connectivity index (χ1n) is 5.79. The van der Waals surface area contributed by atoms with Crippen molar-refractivity contribution in [3.05, 3.63) is 23.3 Å². The van der Waals surface area contributed by atoms with E-state index in [9.17, 15) is 36.2 Å². The van der Waals surface area contributed by atoms with Gasteiger partial charge in [0.2, 0.25) is 0 Å². The normalized spacial score (nSPS) is 12.7. The van der Waals surface area contributed by atoms with Crippen LogP contribution in [0.3, 0.4) is 0 Å². The second kappa shape index (κ2) is 4.81. The molecule has 4 N–H and O–H groups in total. The van der Waals surface area contributed by atoms with E-state index in [0.717, 1.165) is 12.1 Å². The highest BCUT2D eigenvalue weighted by Crippen LogP contribution is 2.42. The zero-order valence-electron chi connectivity index (χ0n) is 11.4. The van der Waals surface area contributed by atoms with Gasteiger partial charge in [0.05, 0.1) is 5.39 Å². The molecule has 2 aromatic rings. The largest absolute Gasteiger partial charge is 0.507 e. The molecule has 0 heterocycles. The van der Waals surface area contributed by atoms with E-state index < -0.39 is 41.5 Å². The lowest BCUT2D eigenvalue weighted by molar-refractivity contribution is 0.456. The van der Waals surface area contributed by atoms with Gasteiger partial charge in [-0.25, -0.2) is 0 Å². The number of aromatic hydroxyl groups is 2. The number of phenols is 2. The van der Waals surface area contributed by atoms with Crippen molar-refractivity contribution in [3.8, 4) is 11.5 Å². The van der Waals surface area contributed by atoms with E-state index in [1.807, 2.05) is 0 Å². The van der Waals surface area contributed by atoms with E-state index in [0.29, 0.717) is 0 Å². The molecule has 120 valence electrons. The van der Waals surface area contributed by atoms with E-state index in [1.54, 1.807) is 0 Å². The molecule has 0 saturated heterocycles. The monoisotopic (exact) mass is 348 g/mol. The van der Waals surface area contributed by atoms with E-state index in [-0.39, 0.29) is 21.9 Å². The maximum atomic E-state index is 11.3. The molecular weight excluding hydrogens is 336 g/mol. The van der Waals surface area contributed by atoms with Crippen molar-refractivity contribution in [1.29, 1.82) is 0 Å². The molecule has 8 nitrogen and oxygen atoms in total. The third-order valence-electron chi connectivity index (χ3n) is 3.34. The zero-order valence-corrected chi connectivity index (χ0v) is 13.0. The Kier molecular flexibility index (Phi) is 3.61. The van der Waals surface area contributed by atoms with Gasteiger partial charge in [-0.15, -0.1) is 0 Å². The first-order chi connectivity index (χ1) is 9.85. The molecular formula is C12H12O8S2. The lowest BCUT2D eigenvalue weighted by atomic mass is 9.99. The Balaban J connectivity index is 3.19. The molecule has 0 spiro atoms. The summed E-state index contributed by atoms with van der Waals surface area (Å²) in [6, 6.07) is 1.50. The van der Waals surface area contributed by atoms with E-state index in [1.165, 1.54) is 13.8 Å². The second-order valence-corrected chi connectivity index (χ2v) is 7.52. The van der Waals surface area contributed by atoms with Crippen LogP contribution in [0.1, 0.15) is 11.1 Å². The third kappa shape index (κ3) is 2.50.